The third kappa shape index (κ3) is 5.08. The molecule has 9 heteroatoms. The summed E-state index contributed by atoms with van der Waals surface area (Å²) in [5.41, 5.74) is 4.44. The quantitative estimate of drug-likeness (QED) is 0.329. The minimum Gasteiger partial charge on any atom is -0.347 e. The molecule has 0 bridgehead atoms. The van der Waals surface area contributed by atoms with Gasteiger partial charge in [-0.2, -0.15) is 5.26 Å². The maximum atomic E-state index is 13.0. The lowest BCUT2D eigenvalue weighted by Gasteiger charge is -2.12. The van der Waals surface area contributed by atoms with Gasteiger partial charge in [0.15, 0.2) is 11.2 Å². The van der Waals surface area contributed by atoms with Crippen LogP contribution >= 0.6 is 11.6 Å². The van der Waals surface area contributed by atoms with Crippen LogP contribution in [0.15, 0.2) is 77.6 Å². The molecule has 180 valence electrons. The van der Waals surface area contributed by atoms with E-state index >= 15 is 0 Å². The number of fused-ring (bicyclic) bond motifs is 1. The normalized spacial score (nSPS) is 10.7. The topological polar surface area (TPSA) is 124 Å². The van der Waals surface area contributed by atoms with Crippen LogP contribution < -0.4 is 10.7 Å². The number of H-pyrrole nitrogens is 1. The zero-order valence-corrected chi connectivity index (χ0v) is 20.4. The van der Waals surface area contributed by atoms with Crippen LogP contribution in [0.4, 0.5) is 0 Å². The number of carbonyl (C=O) groups is 1. The Morgan fingerprint density at radius 3 is 2.41 bits per heavy atom. The molecule has 3 aromatic heterocycles. The molecule has 0 radical (unpaired) electrons. The third-order valence-electron chi connectivity index (χ3n) is 5.68. The smallest absolute Gasteiger partial charge is 0.268 e. The number of benzene rings is 2. The van der Waals surface area contributed by atoms with Crippen molar-refractivity contribution < 1.29 is 4.79 Å². The lowest BCUT2D eigenvalue weighted by molar-refractivity contribution is 0.0946. The second-order valence-corrected chi connectivity index (χ2v) is 8.73. The number of carbonyl (C=O) groups excluding carboxylic acids is 1. The second kappa shape index (κ2) is 10.0. The van der Waals surface area contributed by atoms with E-state index in [0.29, 0.717) is 33.4 Å². The summed E-state index contributed by atoms with van der Waals surface area (Å²) in [5.74, 6) is -0.466. The predicted molar refractivity (Wildman–Crippen MR) is 141 cm³/mol. The number of amides is 1. The number of aryl methyl sites for hydroxylation is 1. The Balaban J connectivity index is 1.57. The Morgan fingerprint density at radius 1 is 0.973 bits per heavy atom. The monoisotopic (exact) mass is 506 g/mol. The molecule has 5 rings (SSSR count). The first-order valence-corrected chi connectivity index (χ1v) is 11.7. The largest absolute Gasteiger partial charge is 0.347 e. The molecule has 0 aliphatic rings. The molecule has 5 aromatic rings. The molecule has 0 saturated carbocycles. The van der Waals surface area contributed by atoms with Gasteiger partial charge in [0.1, 0.15) is 10.8 Å². The summed E-state index contributed by atoms with van der Waals surface area (Å²) in [6.07, 6.45) is 0. The summed E-state index contributed by atoms with van der Waals surface area (Å²) in [6, 6.07) is 23.1. The Bertz CT molecular complexity index is 1720. The zero-order chi connectivity index (χ0) is 25.9. The molecular weight excluding hydrogens is 488 g/mol. The van der Waals surface area contributed by atoms with Gasteiger partial charge in [-0.1, -0.05) is 54.1 Å². The number of aromatic nitrogens is 4. The first-order valence-electron chi connectivity index (χ1n) is 11.3. The van der Waals surface area contributed by atoms with Crippen molar-refractivity contribution in [2.24, 2.45) is 0 Å². The van der Waals surface area contributed by atoms with E-state index in [0.717, 1.165) is 11.1 Å². The van der Waals surface area contributed by atoms with Gasteiger partial charge >= 0.3 is 0 Å². The molecule has 2 aromatic carbocycles. The average molecular weight is 507 g/mol. The zero-order valence-electron chi connectivity index (χ0n) is 19.6. The first-order chi connectivity index (χ1) is 17.9. The van der Waals surface area contributed by atoms with E-state index in [-0.39, 0.29) is 23.4 Å². The molecule has 3 heterocycles. The number of rotatable bonds is 5. The van der Waals surface area contributed by atoms with Gasteiger partial charge in [0.25, 0.3) is 5.91 Å². The number of halogens is 1. The van der Waals surface area contributed by atoms with Crippen molar-refractivity contribution >= 4 is 28.7 Å². The molecular formula is C28H19ClN6O2. The SMILES string of the molecule is Cc1cc(-c2nc3c(=O)cc(C(=O)NCc4ccc(C#N)cc4)[nH]c3nc2-c2ccccc2)cc(Cl)n1. The highest BCUT2D eigenvalue weighted by Crippen LogP contribution is 2.31. The van der Waals surface area contributed by atoms with E-state index in [1.54, 1.807) is 30.3 Å². The van der Waals surface area contributed by atoms with Crippen LogP contribution in [0.5, 0.6) is 0 Å². The molecule has 0 fully saturated rings. The Labute approximate surface area is 216 Å². The number of nitrogens with zero attached hydrogens (tertiary/aromatic N) is 4. The van der Waals surface area contributed by atoms with Crippen molar-refractivity contribution in [3.05, 3.63) is 111 Å². The summed E-state index contributed by atoms with van der Waals surface area (Å²) in [5, 5.41) is 12.0. The number of nitrogens with one attached hydrogen (secondary N) is 2. The maximum Gasteiger partial charge on any atom is 0.268 e. The Hall–Kier alpha value is -4.87. The average Bonchev–Trinajstić information content (AvgIpc) is 2.91. The van der Waals surface area contributed by atoms with Gasteiger partial charge in [-0.3, -0.25) is 9.59 Å². The lowest BCUT2D eigenvalue weighted by atomic mass is 10.0. The van der Waals surface area contributed by atoms with E-state index in [4.69, 9.17) is 21.8 Å². The summed E-state index contributed by atoms with van der Waals surface area (Å²) in [6.45, 7) is 2.05. The summed E-state index contributed by atoms with van der Waals surface area (Å²) in [7, 11) is 0. The summed E-state index contributed by atoms with van der Waals surface area (Å²) >= 11 is 6.21. The van der Waals surface area contributed by atoms with Gasteiger partial charge < -0.3 is 10.3 Å². The molecule has 8 nitrogen and oxygen atoms in total. The van der Waals surface area contributed by atoms with Crippen molar-refractivity contribution in [1.82, 2.24) is 25.3 Å². The predicted octanol–water partition coefficient (Wildman–Crippen LogP) is 4.81. The highest BCUT2D eigenvalue weighted by molar-refractivity contribution is 6.29. The van der Waals surface area contributed by atoms with Gasteiger partial charge in [0.2, 0.25) is 5.43 Å². The van der Waals surface area contributed by atoms with E-state index in [1.807, 2.05) is 43.3 Å². The minimum absolute atomic E-state index is 0.0648. The highest BCUT2D eigenvalue weighted by Gasteiger charge is 2.18. The van der Waals surface area contributed by atoms with Crippen LogP contribution in [0, 0.1) is 18.3 Å². The molecule has 2 N–H and O–H groups in total. The van der Waals surface area contributed by atoms with E-state index in [9.17, 15) is 9.59 Å². The number of aromatic amines is 1. The van der Waals surface area contributed by atoms with Crippen LogP contribution in [0.2, 0.25) is 5.15 Å². The molecule has 0 unspecified atom stereocenters. The molecule has 0 spiro atoms. The van der Waals surface area contributed by atoms with Gasteiger partial charge in [0, 0.05) is 29.4 Å². The van der Waals surface area contributed by atoms with E-state index in [2.05, 4.69) is 26.3 Å². The van der Waals surface area contributed by atoms with Gasteiger partial charge in [0.05, 0.1) is 23.0 Å². The number of nitriles is 1. The van der Waals surface area contributed by atoms with Crippen molar-refractivity contribution in [3.63, 3.8) is 0 Å². The molecule has 0 aliphatic carbocycles. The van der Waals surface area contributed by atoms with E-state index in [1.165, 1.54) is 6.07 Å². The third-order valence-corrected chi connectivity index (χ3v) is 5.87. The van der Waals surface area contributed by atoms with Crippen LogP contribution in [0.3, 0.4) is 0 Å². The Kier molecular flexibility index (Phi) is 6.45. The van der Waals surface area contributed by atoms with E-state index < -0.39 is 11.3 Å². The fourth-order valence-electron chi connectivity index (χ4n) is 3.92. The van der Waals surface area contributed by atoms with Crippen LogP contribution in [0.1, 0.15) is 27.3 Å². The summed E-state index contributed by atoms with van der Waals surface area (Å²) in [4.78, 5) is 42.5. The van der Waals surface area contributed by atoms with Crippen molar-refractivity contribution in [2.75, 3.05) is 0 Å². The minimum atomic E-state index is -0.466. The fraction of sp³-hybridized carbons (Fsp3) is 0.0714. The second-order valence-electron chi connectivity index (χ2n) is 8.34. The molecule has 0 atom stereocenters. The molecule has 37 heavy (non-hydrogen) atoms. The van der Waals surface area contributed by atoms with Crippen molar-refractivity contribution in [2.45, 2.75) is 13.5 Å². The fourth-order valence-corrected chi connectivity index (χ4v) is 4.17. The molecule has 1 amide bonds. The highest BCUT2D eigenvalue weighted by atomic mass is 35.5. The first kappa shape index (κ1) is 23.9. The number of hydrogen-bond acceptors (Lipinski definition) is 6. The maximum absolute atomic E-state index is 13.0. The van der Waals surface area contributed by atoms with Crippen molar-refractivity contribution in [3.8, 4) is 28.6 Å². The van der Waals surface area contributed by atoms with Gasteiger partial charge in [-0.05, 0) is 36.8 Å². The van der Waals surface area contributed by atoms with Gasteiger partial charge in [-0.25, -0.2) is 15.0 Å². The van der Waals surface area contributed by atoms with Crippen LogP contribution in [0.25, 0.3) is 33.7 Å². The van der Waals surface area contributed by atoms with Crippen LogP contribution in [-0.2, 0) is 6.54 Å². The lowest BCUT2D eigenvalue weighted by Crippen LogP contribution is -2.25. The van der Waals surface area contributed by atoms with Gasteiger partial charge in [-0.15, -0.1) is 0 Å². The standard InChI is InChI=1S/C28H19ClN6O2/c1-16-11-20(12-23(29)32-16)25-24(19-5-3-2-4-6-19)35-27-26(34-25)22(36)13-21(33-27)28(37)31-15-18-9-7-17(14-30)8-10-18/h2-13H,15H2,1H3,(H,31,37)(H,33,35,36). The number of pyridine rings is 2. The van der Waals surface area contributed by atoms with Crippen LogP contribution in [-0.4, -0.2) is 25.8 Å². The molecule has 0 aliphatic heterocycles. The Morgan fingerprint density at radius 2 is 1.70 bits per heavy atom. The summed E-state index contributed by atoms with van der Waals surface area (Å²) < 4.78 is 0. The molecule has 0 saturated heterocycles. The van der Waals surface area contributed by atoms with Crippen molar-refractivity contribution in [1.29, 1.82) is 5.26 Å². The number of hydrogen-bond donors (Lipinski definition) is 2.